The first-order chi connectivity index (χ1) is 9.49. The second-order valence-corrected chi connectivity index (χ2v) is 5.05. The molecular weight excluding hydrogens is 254 g/mol. The minimum atomic E-state index is -0.0602. The van der Waals surface area contributed by atoms with E-state index >= 15 is 0 Å². The number of benzene rings is 1. The summed E-state index contributed by atoms with van der Waals surface area (Å²) in [7, 11) is 5.17. The molecule has 0 heterocycles. The SMILES string of the molecule is CN(CC(=O)NCCc1ccccc1)CC(=O)N(C)C. The summed E-state index contributed by atoms with van der Waals surface area (Å²) in [5.74, 6) is -0.0698. The molecule has 0 fully saturated rings. The van der Waals surface area contributed by atoms with Crippen molar-refractivity contribution in [1.82, 2.24) is 15.1 Å². The highest BCUT2D eigenvalue weighted by Gasteiger charge is 2.11. The number of carbonyl (C=O) groups excluding carboxylic acids is 2. The van der Waals surface area contributed by atoms with Crippen LogP contribution in [-0.4, -0.2) is 62.4 Å². The third-order valence-electron chi connectivity index (χ3n) is 2.90. The van der Waals surface area contributed by atoms with Gasteiger partial charge in [0.25, 0.3) is 0 Å². The fourth-order valence-electron chi connectivity index (χ4n) is 1.72. The van der Waals surface area contributed by atoms with Crippen molar-refractivity contribution in [3.05, 3.63) is 35.9 Å². The standard InChI is InChI=1S/C15H23N3O2/c1-17(2)15(20)12-18(3)11-14(19)16-10-9-13-7-5-4-6-8-13/h4-8H,9-12H2,1-3H3,(H,16,19). The molecule has 0 saturated heterocycles. The Labute approximate surface area is 120 Å². The number of rotatable bonds is 7. The molecule has 0 spiro atoms. The van der Waals surface area contributed by atoms with Crippen LogP contribution in [0.3, 0.4) is 0 Å². The molecule has 0 aliphatic heterocycles. The average Bonchev–Trinajstić information content (AvgIpc) is 2.39. The van der Waals surface area contributed by atoms with Crippen LogP contribution in [0.25, 0.3) is 0 Å². The summed E-state index contributed by atoms with van der Waals surface area (Å²) < 4.78 is 0. The molecule has 0 radical (unpaired) electrons. The molecule has 20 heavy (non-hydrogen) atoms. The van der Waals surface area contributed by atoms with Gasteiger partial charge in [-0.05, 0) is 19.0 Å². The lowest BCUT2D eigenvalue weighted by atomic mass is 10.1. The molecule has 1 aromatic rings. The largest absolute Gasteiger partial charge is 0.355 e. The van der Waals surface area contributed by atoms with Crippen LogP contribution in [0.2, 0.25) is 0 Å². The molecule has 1 rings (SSSR count). The maximum Gasteiger partial charge on any atom is 0.236 e. The van der Waals surface area contributed by atoms with Crippen molar-refractivity contribution in [3.8, 4) is 0 Å². The summed E-state index contributed by atoms with van der Waals surface area (Å²) in [6.45, 7) is 1.09. The van der Waals surface area contributed by atoms with E-state index < -0.39 is 0 Å². The van der Waals surface area contributed by atoms with Gasteiger partial charge < -0.3 is 10.2 Å². The third kappa shape index (κ3) is 6.33. The average molecular weight is 277 g/mol. The van der Waals surface area contributed by atoms with Gasteiger partial charge in [0.15, 0.2) is 0 Å². The zero-order valence-corrected chi connectivity index (χ0v) is 12.4. The van der Waals surface area contributed by atoms with E-state index in [4.69, 9.17) is 0 Å². The van der Waals surface area contributed by atoms with E-state index in [9.17, 15) is 9.59 Å². The number of hydrogen-bond donors (Lipinski definition) is 1. The van der Waals surface area contributed by atoms with Crippen LogP contribution < -0.4 is 5.32 Å². The van der Waals surface area contributed by atoms with E-state index in [-0.39, 0.29) is 24.9 Å². The normalized spacial score (nSPS) is 10.4. The first-order valence-corrected chi connectivity index (χ1v) is 6.68. The Morgan fingerprint density at radius 3 is 2.30 bits per heavy atom. The predicted molar refractivity (Wildman–Crippen MR) is 79.3 cm³/mol. The lowest BCUT2D eigenvalue weighted by Crippen LogP contribution is -2.40. The van der Waals surface area contributed by atoms with E-state index in [1.165, 1.54) is 10.5 Å². The van der Waals surface area contributed by atoms with Crippen LogP contribution in [0.1, 0.15) is 5.56 Å². The maximum absolute atomic E-state index is 11.7. The van der Waals surface area contributed by atoms with Crippen molar-refractivity contribution < 1.29 is 9.59 Å². The van der Waals surface area contributed by atoms with Gasteiger partial charge in [-0.15, -0.1) is 0 Å². The second kappa shape index (κ2) is 8.32. The van der Waals surface area contributed by atoms with Gasteiger partial charge in [0.1, 0.15) is 0 Å². The minimum absolute atomic E-state index is 0.00964. The summed E-state index contributed by atoms with van der Waals surface area (Å²) in [6, 6.07) is 10.0. The van der Waals surface area contributed by atoms with Crippen molar-refractivity contribution in [2.75, 3.05) is 40.8 Å². The Balaban J connectivity index is 2.21. The molecular formula is C15H23N3O2. The van der Waals surface area contributed by atoms with Crippen molar-refractivity contribution in [2.45, 2.75) is 6.42 Å². The van der Waals surface area contributed by atoms with Gasteiger partial charge >= 0.3 is 0 Å². The first kappa shape index (κ1) is 16.2. The van der Waals surface area contributed by atoms with Crippen LogP contribution in [0, 0.1) is 0 Å². The van der Waals surface area contributed by atoms with E-state index in [1.807, 2.05) is 30.3 Å². The van der Waals surface area contributed by atoms with E-state index in [2.05, 4.69) is 5.32 Å². The van der Waals surface area contributed by atoms with Crippen LogP contribution in [-0.2, 0) is 16.0 Å². The molecule has 5 heteroatoms. The van der Waals surface area contributed by atoms with Gasteiger partial charge in [-0.3, -0.25) is 14.5 Å². The first-order valence-electron chi connectivity index (χ1n) is 6.68. The molecule has 5 nitrogen and oxygen atoms in total. The molecule has 1 N–H and O–H groups in total. The highest BCUT2D eigenvalue weighted by molar-refractivity contribution is 5.80. The van der Waals surface area contributed by atoms with Crippen LogP contribution in [0.5, 0.6) is 0 Å². The maximum atomic E-state index is 11.7. The van der Waals surface area contributed by atoms with Crippen molar-refractivity contribution in [3.63, 3.8) is 0 Å². The molecule has 0 aromatic heterocycles. The number of amides is 2. The lowest BCUT2D eigenvalue weighted by molar-refractivity contribution is -0.130. The zero-order valence-electron chi connectivity index (χ0n) is 12.4. The third-order valence-corrected chi connectivity index (χ3v) is 2.90. The Kier molecular flexibility index (Phi) is 6.73. The number of likely N-dealkylation sites (N-methyl/N-ethyl adjacent to an activating group) is 2. The Bertz CT molecular complexity index is 432. The fourth-order valence-corrected chi connectivity index (χ4v) is 1.72. The summed E-state index contributed by atoms with van der Waals surface area (Å²) in [4.78, 5) is 26.4. The lowest BCUT2D eigenvalue weighted by Gasteiger charge is -2.18. The molecule has 0 saturated carbocycles. The molecule has 110 valence electrons. The number of nitrogens with one attached hydrogen (secondary N) is 1. The second-order valence-electron chi connectivity index (χ2n) is 5.05. The monoisotopic (exact) mass is 277 g/mol. The van der Waals surface area contributed by atoms with Gasteiger partial charge in [-0.2, -0.15) is 0 Å². The smallest absolute Gasteiger partial charge is 0.236 e. The minimum Gasteiger partial charge on any atom is -0.355 e. The van der Waals surface area contributed by atoms with Crippen LogP contribution >= 0.6 is 0 Å². The van der Waals surface area contributed by atoms with Crippen LogP contribution in [0.15, 0.2) is 30.3 Å². The molecule has 0 bridgehead atoms. The summed E-state index contributed by atoms with van der Waals surface area (Å²) in [5, 5.41) is 2.86. The van der Waals surface area contributed by atoms with Gasteiger partial charge in [0, 0.05) is 20.6 Å². The summed E-state index contributed by atoms with van der Waals surface area (Å²) >= 11 is 0. The highest BCUT2D eigenvalue weighted by Crippen LogP contribution is 1.98. The van der Waals surface area contributed by atoms with Crippen molar-refractivity contribution in [2.24, 2.45) is 0 Å². The van der Waals surface area contributed by atoms with Gasteiger partial charge in [0.05, 0.1) is 13.1 Å². The highest BCUT2D eigenvalue weighted by atomic mass is 16.2. The Morgan fingerprint density at radius 2 is 1.70 bits per heavy atom. The van der Waals surface area contributed by atoms with E-state index in [0.29, 0.717) is 6.54 Å². The van der Waals surface area contributed by atoms with Crippen molar-refractivity contribution >= 4 is 11.8 Å². The van der Waals surface area contributed by atoms with Gasteiger partial charge in [-0.1, -0.05) is 30.3 Å². The molecule has 0 unspecified atom stereocenters. The Hall–Kier alpha value is -1.88. The summed E-state index contributed by atoms with van der Waals surface area (Å²) in [6.07, 6.45) is 0.812. The quantitative estimate of drug-likeness (QED) is 0.783. The van der Waals surface area contributed by atoms with E-state index in [0.717, 1.165) is 6.42 Å². The van der Waals surface area contributed by atoms with Gasteiger partial charge in [0.2, 0.25) is 11.8 Å². The molecule has 0 aliphatic rings. The molecule has 1 aromatic carbocycles. The van der Waals surface area contributed by atoms with Gasteiger partial charge in [-0.25, -0.2) is 0 Å². The molecule has 0 atom stereocenters. The number of carbonyl (C=O) groups is 2. The number of hydrogen-bond acceptors (Lipinski definition) is 3. The summed E-state index contributed by atoms with van der Waals surface area (Å²) in [5.41, 5.74) is 1.20. The zero-order chi connectivity index (χ0) is 15.0. The van der Waals surface area contributed by atoms with E-state index in [1.54, 1.807) is 26.0 Å². The molecule has 0 aliphatic carbocycles. The Morgan fingerprint density at radius 1 is 1.05 bits per heavy atom. The topological polar surface area (TPSA) is 52.7 Å². The number of nitrogens with zero attached hydrogens (tertiary/aromatic N) is 2. The fraction of sp³-hybridized carbons (Fsp3) is 0.467. The van der Waals surface area contributed by atoms with Crippen molar-refractivity contribution in [1.29, 1.82) is 0 Å². The van der Waals surface area contributed by atoms with Crippen LogP contribution in [0.4, 0.5) is 0 Å². The molecule has 2 amide bonds. The predicted octanol–water partition coefficient (Wildman–Crippen LogP) is 0.365.